The molecule has 11 nitrogen and oxygen atoms in total. The Bertz CT molecular complexity index is 1060. The molecule has 0 saturated heterocycles. The van der Waals surface area contributed by atoms with E-state index >= 15 is 0 Å². The SMILES string of the molecule is COC(=O)Nc1cc(Nc2cccc(-c3noc(C)n3)c2OC)c(C(N)=O)cn1. The van der Waals surface area contributed by atoms with Crippen LogP contribution in [0.3, 0.4) is 0 Å². The number of hydrogen-bond acceptors (Lipinski definition) is 9. The Morgan fingerprint density at radius 2 is 2.00 bits per heavy atom. The zero-order valence-electron chi connectivity index (χ0n) is 15.8. The van der Waals surface area contributed by atoms with Crippen LogP contribution in [0, 0.1) is 6.92 Å². The fraction of sp³-hybridized carbons (Fsp3) is 0.167. The summed E-state index contributed by atoms with van der Waals surface area (Å²) < 4.78 is 15.1. The van der Waals surface area contributed by atoms with Gasteiger partial charge >= 0.3 is 6.09 Å². The maximum absolute atomic E-state index is 11.8. The Morgan fingerprint density at radius 3 is 2.62 bits per heavy atom. The van der Waals surface area contributed by atoms with E-state index in [0.717, 1.165) is 0 Å². The third kappa shape index (κ3) is 4.24. The second-order valence-electron chi connectivity index (χ2n) is 5.74. The average molecular weight is 398 g/mol. The minimum absolute atomic E-state index is 0.114. The van der Waals surface area contributed by atoms with Crippen molar-refractivity contribution in [2.75, 3.05) is 24.9 Å². The normalized spacial score (nSPS) is 10.3. The first-order valence-electron chi connectivity index (χ1n) is 8.32. The molecule has 0 aliphatic rings. The number of aryl methyl sites for hydroxylation is 1. The van der Waals surface area contributed by atoms with E-state index in [0.29, 0.717) is 34.4 Å². The summed E-state index contributed by atoms with van der Waals surface area (Å²) in [5.41, 5.74) is 6.95. The molecule has 3 aromatic rings. The fourth-order valence-corrected chi connectivity index (χ4v) is 2.56. The number of methoxy groups -OCH3 is 2. The van der Waals surface area contributed by atoms with E-state index in [1.807, 2.05) is 0 Å². The van der Waals surface area contributed by atoms with Crippen molar-refractivity contribution in [1.82, 2.24) is 15.1 Å². The predicted octanol–water partition coefficient (Wildman–Crippen LogP) is 2.47. The maximum Gasteiger partial charge on any atom is 0.412 e. The first-order valence-corrected chi connectivity index (χ1v) is 8.32. The van der Waals surface area contributed by atoms with Gasteiger partial charge in [-0.15, -0.1) is 0 Å². The molecule has 0 aliphatic heterocycles. The number of rotatable bonds is 6. The molecule has 0 bridgehead atoms. The van der Waals surface area contributed by atoms with Gasteiger partial charge in [0.05, 0.1) is 36.7 Å². The van der Waals surface area contributed by atoms with Gasteiger partial charge in [-0.05, 0) is 12.1 Å². The van der Waals surface area contributed by atoms with Gasteiger partial charge in [-0.25, -0.2) is 9.78 Å². The number of hydrogen-bond donors (Lipinski definition) is 3. The Balaban J connectivity index is 2.03. The lowest BCUT2D eigenvalue weighted by Gasteiger charge is -2.16. The number of nitrogens with zero attached hydrogens (tertiary/aromatic N) is 3. The van der Waals surface area contributed by atoms with Crippen molar-refractivity contribution in [3.8, 4) is 17.1 Å². The highest BCUT2D eigenvalue weighted by Gasteiger charge is 2.18. The van der Waals surface area contributed by atoms with Crippen LogP contribution in [-0.2, 0) is 4.74 Å². The summed E-state index contributed by atoms with van der Waals surface area (Å²) in [5, 5.41) is 9.41. The number of primary amides is 1. The van der Waals surface area contributed by atoms with E-state index in [9.17, 15) is 9.59 Å². The summed E-state index contributed by atoms with van der Waals surface area (Å²) >= 11 is 0. The van der Waals surface area contributed by atoms with Crippen LogP contribution >= 0.6 is 0 Å². The number of pyridine rings is 1. The molecule has 2 heterocycles. The first kappa shape index (κ1) is 19.6. The smallest absolute Gasteiger partial charge is 0.412 e. The Labute approximate surface area is 165 Å². The number of para-hydroxylation sites is 1. The molecular formula is C18H18N6O5. The summed E-state index contributed by atoms with van der Waals surface area (Å²) in [6.07, 6.45) is 0.539. The molecule has 4 N–H and O–H groups in total. The number of ether oxygens (including phenoxy) is 2. The molecule has 0 unspecified atom stereocenters. The number of benzene rings is 1. The molecule has 0 radical (unpaired) electrons. The monoisotopic (exact) mass is 398 g/mol. The molecule has 29 heavy (non-hydrogen) atoms. The van der Waals surface area contributed by atoms with Crippen molar-refractivity contribution < 1.29 is 23.6 Å². The highest BCUT2D eigenvalue weighted by atomic mass is 16.5. The van der Waals surface area contributed by atoms with Gasteiger partial charge in [0.1, 0.15) is 5.82 Å². The van der Waals surface area contributed by atoms with E-state index in [1.54, 1.807) is 25.1 Å². The van der Waals surface area contributed by atoms with E-state index in [1.165, 1.54) is 26.5 Å². The number of anilines is 3. The lowest BCUT2D eigenvalue weighted by Crippen LogP contribution is -2.16. The molecule has 1 aromatic carbocycles. The Hall–Kier alpha value is -4.15. The second kappa shape index (κ2) is 8.25. The lowest BCUT2D eigenvalue weighted by molar-refractivity contribution is 0.100. The van der Waals surface area contributed by atoms with Gasteiger partial charge in [-0.2, -0.15) is 4.98 Å². The van der Waals surface area contributed by atoms with Gasteiger partial charge in [0.25, 0.3) is 5.91 Å². The van der Waals surface area contributed by atoms with E-state index in [4.69, 9.17) is 15.0 Å². The van der Waals surface area contributed by atoms with Gasteiger partial charge in [0.2, 0.25) is 11.7 Å². The van der Waals surface area contributed by atoms with E-state index < -0.39 is 12.0 Å². The number of carbonyl (C=O) groups is 2. The predicted molar refractivity (Wildman–Crippen MR) is 103 cm³/mol. The van der Waals surface area contributed by atoms with Crippen LogP contribution in [0.2, 0.25) is 0 Å². The van der Waals surface area contributed by atoms with E-state index in [2.05, 4.69) is 30.5 Å². The molecule has 150 valence electrons. The minimum Gasteiger partial charge on any atom is -0.494 e. The highest BCUT2D eigenvalue weighted by Crippen LogP contribution is 2.37. The molecule has 0 spiro atoms. The van der Waals surface area contributed by atoms with Gasteiger partial charge in [-0.3, -0.25) is 10.1 Å². The molecule has 2 aromatic heterocycles. The summed E-state index contributed by atoms with van der Waals surface area (Å²) in [6.45, 7) is 1.68. The Morgan fingerprint density at radius 1 is 1.21 bits per heavy atom. The van der Waals surface area contributed by atoms with Crippen LogP contribution in [0.25, 0.3) is 11.4 Å². The molecule has 0 atom stereocenters. The number of nitrogens with two attached hydrogens (primary N) is 1. The van der Waals surface area contributed by atoms with Crippen LogP contribution in [0.5, 0.6) is 5.75 Å². The van der Waals surface area contributed by atoms with Crippen LogP contribution in [0.4, 0.5) is 22.0 Å². The molecule has 0 fully saturated rings. The molecule has 2 amide bonds. The van der Waals surface area contributed by atoms with Crippen molar-refractivity contribution >= 4 is 29.2 Å². The van der Waals surface area contributed by atoms with Crippen LogP contribution in [-0.4, -0.2) is 41.3 Å². The van der Waals surface area contributed by atoms with Crippen LogP contribution in [0.15, 0.2) is 35.0 Å². The molecular weight excluding hydrogens is 380 g/mol. The minimum atomic E-state index is -0.706. The van der Waals surface area contributed by atoms with Crippen molar-refractivity contribution in [3.05, 3.63) is 41.9 Å². The topological polar surface area (TPSA) is 154 Å². The summed E-state index contributed by atoms with van der Waals surface area (Å²) in [5.74, 6) is 0.634. The highest BCUT2D eigenvalue weighted by molar-refractivity contribution is 6.00. The van der Waals surface area contributed by atoms with Gasteiger partial charge < -0.3 is 25.0 Å². The molecule has 0 saturated carbocycles. The Kier molecular flexibility index (Phi) is 5.58. The number of aromatic nitrogens is 3. The van der Waals surface area contributed by atoms with Gasteiger partial charge in [0, 0.05) is 19.2 Å². The fourth-order valence-electron chi connectivity index (χ4n) is 2.56. The van der Waals surface area contributed by atoms with E-state index in [-0.39, 0.29) is 11.4 Å². The number of carbonyl (C=O) groups excluding carboxylic acids is 2. The lowest BCUT2D eigenvalue weighted by atomic mass is 10.1. The quantitative estimate of drug-likeness (QED) is 0.568. The molecule has 11 heteroatoms. The summed E-state index contributed by atoms with van der Waals surface area (Å²) in [6, 6.07) is 6.69. The third-order valence-electron chi connectivity index (χ3n) is 3.84. The standard InChI is InChI=1S/C18H18N6O5/c1-9-21-17(24-29-9)10-5-4-6-12(15(10)27-2)22-13-7-14(23-18(26)28-3)20-8-11(13)16(19)25/h4-8H,1-3H3,(H2,19,25)(H2,20,22,23,26). The molecule has 3 rings (SSSR count). The summed E-state index contributed by atoms with van der Waals surface area (Å²) in [7, 11) is 2.71. The second-order valence-corrected chi connectivity index (χ2v) is 5.74. The van der Waals surface area contributed by atoms with Crippen molar-refractivity contribution in [1.29, 1.82) is 0 Å². The zero-order valence-corrected chi connectivity index (χ0v) is 15.8. The number of nitrogens with one attached hydrogen (secondary N) is 2. The number of amides is 2. The molecule has 0 aliphatic carbocycles. The van der Waals surface area contributed by atoms with Crippen LogP contribution < -0.4 is 21.1 Å². The first-order chi connectivity index (χ1) is 13.9. The van der Waals surface area contributed by atoms with Crippen molar-refractivity contribution in [2.45, 2.75) is 6.92 Å². The van der Waals surface area contributed by atoms with Crippen LogP contribution in [0.1, 0.15) is 16.2 Å². The summed E-state index contributed by atoms with van der Waals surface area (Å²) in [4.78, 5) is 31.5. The van der Waals surface area contributed by atoms with Gasteiger partial charge in [-0.1, -0.05) is 11.2 Å². The maximum atomic E-state index is 11.8. The van der Waals surface area contributed by atoms with Crippen molar-refractivity contribution in [2.24, 2.45) is 5.73 Å². The van der Waals surface area contributed by atoms with Gasteiger partial charge in [0.15, 0.2) is 5.75 Å². The zero-order chi connectivity index (χ0) is 21.0. The largest absolute Gasteiger partial charge is 0.494 e. The third-order valence-corrected chi connectivity index (χ3v) is 3.84. The van der Waals surface area contributed by atoms with Crippen molar-refractivity contribution in [3.63, 3.8) is 0 Å². The average Bonchev–Trinajstić information content (AvgIpc) is 3.13.